The molecule has 1 amide bonds. The Balaban J connectivity index is 1.85. The summed E-state index contributed by atoms with van der Waals surface area (Å²) >= 11 is 0. The first-order valence-electron chi connectivity index (χ1n) is 8.07. The first kappa shape index (κ1) is 18.1. The molecule has 1 heterocycles. The second-order valence-corrected chi connectivity index (χ2v) is 6.63. The van der Waals surface area contributed by atoms with Crippen LogP contribution in [0.25, 0.3) is 11.0 Å². The average molecular weight is 334 g/mol. The van der Waals surface area contributed by atoms with Crippen LogP contribution in [0.5, 0.6) is 5.75 Å². The van der Waals surface area contributed by atoms with E-state index in [0.717, 1.165) is 22.5 Å². The van der Waals surface area contributed by atoms with Crippen molar-refractivity contribution in [2.24, 2.45) is 0 Å². The highest BCUT2D eigenvalue weighted by Gasteiger charge is 2.16. The third-order valence-electron chi connectivity index (χ3n) is 3.42. The lowest BCUT2D eigenvalue weighted by molar-refractivity contribution is 0.0528. The smallest absolute Gasteiger partial charge is 0.407 e. The van der Waals surface area contributed by atoms with E-state index in [2.05, 4.69) is 10.6 Å². The number of carbonyl (C=O) groups excluding carboxylic acids is 1. The Bertz CT molecular complexity index is 688. The fourth-order valence-corrected chi connectivity index (χ4v) is 2.30. The van der Waals surface area contributed by atoms with Gasteiger partial charge in [-0.3, -0.25) is 0 Å². The summed E-state index contributed by atoms with van der Waals surface area (Å²) < 4.78 is 16.4. The molecule has 2 rings (SSSR count). The largest absolute Gasteiger partial charge is 0.493 e. The summed E-state index contributed by atoms with van der Waals surface area (Å²) in [6, 6.07) is 7.81. The number of fused-ring (bicyclic) bond motifs is 1. The number of para-hydroxylation sites is 1. The zero-order valence-corrected chi connectivity index (χ0v) is 14.9. The molecule has 0 fully saturated rings. The van der Waals surface area contributed by atoms with Crippen molar-refractivity contribution < 1.29 is 18.7 Å². The Kier molecular flexibility index (Phi) is 5.72. The lowest BCUT2D eigenvalue weighted by Crippen LogP contribution is -2.36. The molecule has 0 saturated heterocycles. The van der Waals surface area contributed by atoms with Gasteiger partial charge >= 0.3 is 6.09 Å². The molecule has 24 heavy (non-hydrogen) atoms. The van der Waals surface area contributed by atoms with Crippen molar-refractivity contribution in [3.05, 3.63) is 30.0 Å². The summed E-state index contributed by atoms with van der Waals surface area (Å²) in [6.07, 6.45) is -0.412. The Hall–Kier alpha value is -2.21. The first-order chi connectivity index (χ1) is 11.3. The number of alkyl carbamates (subject to hydrolysis) is 1. The van der Waals surface area contributed by atoms with E-state index in [4.69, 9.17) is 13.9 Å². The lowest BCUT2D eigenvalue weighted by atomic mass is 10.2. The molecule has 1 aromatic heterocycles. The molecule has 0 bridgehead atoms. The zero-order valence-electron chi connectivity index (χ0n) is 14.9. The highest BCUT2D eigenvalue weighted by atomic mass is 16.6. The Labute approximate surface area is 142 Å². The maximum absolute atomic E-state index is 11.6. The average Bonchev–Trinajstić information content (AvgIpc) is 2.93. The van der Waals surface area contributed by atoms with E-state index in [9.17, 15) is 4.79 Å². The zero-order chi connectivity index (χ0) is 17.7. The molecule has 0 radical (unpaired) electrons. The Morgan fingerprint density at radius 3 is 2.71 bits per heavy atom. The van der Waals surface area contributed by atoms with Gasteiger partial charge in [0.15, 0.2) is 11.3 Å². The van der Waals surface area contributed by atoms with Gasteiger partial charge in [0.05, 0.1) is 13.2 Å². The number of carbonyl (C=O) groups is 1. The van der Waals surface area contributed by atoms with E-state index >= 15 is 0 Å². The number of hydrogen-bond acceptors (Lipinski definition) is 5. The topological polar surface area (TPSA) is 72.7 Å². The van der Waals surface area contributed by atoms with Crippen LogP contribution in [0.1, 0.15) is 39.5 Å². The Morgan fingerprint density at radius 2 is 2.04 bits per heavy atom. The quantitative estimate of drug-likeness (QED) is 0.790. The fraction of sp³-hybridized carbons (Fsp3) is 0.500. The van der Waals surface area contributed by atoms with Gasteiger partial charge < -0.3 is 24.5 Å². The van der Waals surface area contributed by atoms with Gasteiger partial charge in [-0.25, -0.2) is 4.79 Å². The molecule has 0 aliphatic carbocycles. The SMILES string of the molecule is COc1cccc2cc(C(C)NCCNC(=O)OC(C)(C)C)oc12. The van der Waals surface area contributed by atoms with Crippen molar-refractivity contribution in [1.29, 1.82) is 0 Å². The predicted molar refractivity (Wildman–Crippen MR) is 93.4 cm³/mol. The molecule has 0 aliphatic rings. The van der Waals surface area contributed by atoms with Crippen molar-refractivity contribution >= 4 is 17.1 Å². The van der Waals surface area contributed by atoms with Gasteiger partial charge in [0, 0.05) is 18.5 Å². The molecule has 1 unspecified atom stereocenters. The number of nitrogens with one attached hydrogen (secondary N) is 2. The monoisotopic (exact) mass is 334 g/mol. The maximum Gasteiger partial charge on any atom is 0.407 e. The second kappa shape index (κ2) is 7.57. The molecule has 0 spiro atoms. The minimum absolute atomic E-state index is 0.0162. The fourth-order valence-electron chi connectivity index (χ4n) is 2.30. The van der Waals surface area contributed by atoms with Crippen molar-refractivity contribution in [3.8, 4) is 5.75 Å². The molecular weight excluding hydrogens is 308 g/mol. The van der Waals surface area contributed by atoms with Crippen LogP contribution in [0.4, 0.5) is 4.79 Å². The number of ether oxygens (including phenoxy) is 2. The van der Waals surface area contributed by atoms with Crippen molar-refractivity contribution in [2.75, 3.05) is 20.2 Å². The third-order valence-corrected chi connectivity index (χ3v) is 3.42. The summed E-state index contributed by atoms with van der Waals surface area (Å²) in [5.74, 6) is 1.55. The summed E-state index contributed by atoms with van der Waals surface area (Å²) in [7, 11) is 1.63. The van der Waals surface area contributed by atoms with E-state index < -0.39 is 11.7 Å². The highest BCUT2D eigenvalue weighted by Crippen LogP contribution is 2.30. The summed E-state index contributed by atoms with van der Waals surface area (Å²) in [5.41, 5.74) is 0.258. The molecular formula is C18H26N2O4. The molecule has 6 heteroatoms. The summed E-state index contributed by atoms with van der Waals surface area (Å²) in [4.78, 5) is 11.6. The van der Waals surface area contributed by atoms with Crippen LogP contribution in [0, 0.1) is 0 Å². The summed E-state index contributed by atoms with van der Waals surface area (Å²) in [5, 5.41) is 7.03. The Morgan fingerprint density at radius 1 is 1.29 bits per heavy atom. The van der Waals surface area contributed by atoms with E-state index in [1.807, 2.05) is 52.0 Å². The van der Waals surface area contributed by atoms with Gasteiger partial charge in [-0.1, -0.05) is 12.1 Å². The van der Waals surface area contributed by atoms with E-state index in [1.165, 1.54) is 0 Å². The number of rotatable bonds is 6. The van der Waals surface area contributed by atoms with Gasteiger partial charge in [-0.05, 0) is 39.8 Å². The van der Waals surface area contributed by atoms with E-state index in [0.29, 0.717) is 13.1 Å². The van der Waals surface area contributed by atoms with Gasteiger partial charge in [0.25, 0.3) is 0 Å². The van der Waals surface area contributed by atoms with Gasteiger partial charge in [-0.15, -0.1) is 0 Å². The van der Waals surface area contributed by atoms with Crippen molar-refractivity contribution in [2.45, 2.75) is 39.3 Å². The highest BCUT2D eigenvalue weighted by molar-refractivity contribution is 5.83. The molecule has 6 nitrogen and oxygen atoms in total. The standard InChI is InChI=1S/C18H26N2O4/c1-12(19-9-10-20-17(21)24-18(2,3)4)15-11-13-7-6-8-14(22-5)16(13)23-15/h6-8,11-12,19H,9-10H2,1-5H3,(H,20,21). The van der Waals surface area contributed by atoms with Gasteiger partial charge in [0.2, 0.25) is 0 Å². The normalized spacial score (nSPS) is 12.9. The van der Waals surface area contributed by atoms with E-state index in [1.54, 1.807) is 7.11 Å². The molecule has 0 saturated carbocycles. The number of benzene rings is 1. The predicted octanol–water partition coefficient (Wildman–Crippen LogP) is 3.62. The molecule has 1 atom stereocenters. The van der Waals surface area contributed by atoms with Crippen molar-refractivity contribution in [3.63, 3.8) is 0 Å². The second-order valence-electron chi connectivity index (χ2n) is 6.63. The number of furan rings is 1. The van der Waals surface area contributed by atoms with Crippen molar-refractivity contribution in [1.82, 2.24) is 10.6 Å². The van der Waals surface area contributed by atoms with Crippen LogP contribution in [0.15, 0.2) is 28.7 Å². The number of methoxy groups -OCH3 is 1. The van der Waals surface area contributed by atoms with E-state index in [-0.39, 0.29) is 6.04 Å². The van der Waals surface area contributed by atoms with Crippen LogP contribution in [-0.2, 0) is 4.74 Å². The molecule has 132 valence electrons. The lowest BCUT2D eigenvalue weighted by Gasteiger charge is -2.20. The van der Waals surface area contributed by atoms with Crippen LogP contribution < -0.4 is 15.4 Å². The molecule has 2 N–H and O–H groups in total. The molecule has 1 aromatic carbocycles. The molecule has 0 aliphatic heterocycles. The van der Waals surface area contributed by atoms with Crippen LogP contribution in [0.3, 0.4) is 0 Å². The third kappa shape index (κ3) is 4.89. The van der Waals surface area contributed by atoms with Crippen LogP contribution >= 0.6 is 0 Å². The number of hydrogen-bond donors (Lipinski definition) is 2. The number of amides is 1. The first-order valence-corrected chi connectivity index (χ1v) is 8.07. The van der Waals surface area contributed by atoms with Crippen LogP contribution in [-0.4, -0.2) is 31.9 Å². The molecule has 2 aromatic rings. The van der Waals surface area contributed by atoms with Gasteiger partial charge in [0.1, 0.15) is 11.4 Å². The van der Waals surface area contributed by atoms with Crippen LogP contribution in [0.2, 0.25) is 0 Å². The minimum atomic E-state index is -0.488. The maximum atomic E-state index is 11.6. The van der Waals surface area contributed by atoms with Gasteiger partial charge in [-0.2, -0.15) is 0 Å². The minimum Gasteiger partial charge on any atom is -0.493 e. The summed E-state index contributed by atoms with van der Waals surface area (Å²) in [6.45, 7) is 8.60.